The third-order valence-corrected chi connectivity index (χ3v) is 4.60. The van der Waals surface area contributed by atoms with Crippen LogP contribution >= 0.6 is 0 Å². The second-order valence-electron chi connectivity index (χ2n) is 5.07. The fraction of sp³-hybridized carbons (Fsp3) is 0.750. The van der Waals surface area contributed by atoms with Gasteiger partial charge in [-0.15, -0.1) is 0 Å². The van der Waals surface area contributed by atoms with Gasteiger partial charge in [0.1, 0.15) is 5.76 Å². The Kier molecular flexibility index (Phi) is 5.51. The van der Waals surface area contributed by atoms with E-state index in [-0.39, 0.29) is 6.04 Å². The van der Waals surface area contributed by atoms with Gasteiger partial charge in [0.2, 0.25) is 15.9 Å². The normalized spacial score (nSPS) is 15.7. The van der Waals surface area contributed by atoms with E-state index >= 15 is 0 Å². The van der Waals surface area contributed by atoms with Crippen LogP contribution in [0.25, 0.3) is 0 Å². The number of nitrogens with one attached hydrogen (secondary N) is 2. The molecular weight excluding hydrogens is 266 g/mol. The monoisotopic (exact) mass is 289 g/mol. The zero-order chi connectivity index (χ0) is 14.6. The van der Waals surface area contributed by atoms with Crippen molar-refractivity contribution in [3.63, 3.8) is 0 Å². The van der Waals surface area contributed by atoms with Gasteiger partial charge < -0.3 is 9.73 Å². The SMILES string of the molecule is Cc1cnc(C(C)NS(=O)(=O)C(C)CNC(C)C)o1. The minimum atomic E-state index is -3.41. The van der Waals surface area contributed by atoms with E-state index in [1.807, 2.05) is 13.8 Å². The third-order valence-electron chi connectivity index (χ3n) is 2.69. The van der Waals surface area contributed by atoms with Gasteiger partial charge in [-0.25, -0.2) is 18.1 Å². The van der Waals surface area contributed by atoms with Gasteiger partial charge in [-0.2, -0.15) is 0 Å². The Balaban J connectivity index is 2.63. The molecule has 110 valence electrons. The van der Waals surface area contributed by atoms with Gasteiger partial charge in [0, 0.05) is 12.6 Å². The molecule has 0 aliphatic carbocycles. The number of hydrogen-bond acceptors (Lipinski definition) is 5. The molecule has 6 nitrogen and oxygen atoms in total. The Morgan fingerprint density at radius 1 is 1.32 bits per heavy atom. The summed E-state index contributed by atoms with van der Waals surface area (Å²) in [6.45, 7) is 9.52. The molecule has 2 atom stereocenters. The minimum absolute atomic E-state index is 0.254. The second kappa shape index (κ2) is 6.49. The van der Waals surface area contributed by atoms with Gasteiger partial charge in [-0.1, -0.05) is 13.8 Å². The first-order chi connectivity index (χ1) is 8.72. The molecule has 0 aliphatic heterocycles. The molecule has 0 radical (unpaired) electrons. The lowest BCUT2D eigenvalue weighted by Gasteiger charge is -2.18. The molecule has 0 fully saturated rings. The zero-order valence-electron chi connectivity index (χ0n) is 12.1. The average molecular weight is 289 g/mol. The summed E-state index contributed by atoms with van der Waals surface area (Å²) < 4.78 is 32.1. The number of rotatable bonds is 7. The molecule has 0 saturated heterocycles. The number of oxazole rings is 1. The fourth-order valence-electron chi connectivity index (χ4n) is 1.50. The first-order valence-corrected chi connectivity index (χ1v) is 7.94. The lowest BCUT2D eigenvalue weighted by atomic mass is 10.3. The van der Waals surface area contributed by atoms with Gasteiger partial charge in [0.25, 0.3) is 0 Å². The van der Waals surface area contributed by atoms with Crippen molar-refractivity contribution in [2.45, 2.75) is 52.0 Å². The smallest absolute Gasteiger partial charge is 0.216 e. The van der Waals surface area contributed by atoms with Crippen LogP contribution in [0.4, 0.5) is 0 Å². The number of nitrogens with zero attached hydrogens (tertiary/aromatic N) is 1. The first kappa shape index (κ1) is 16.1. The van der Waals surface area contributed by atoms with E-state index in [2.05, 4.69) is 15.0 Å². The summed E-state index contributed by atoms with van der Waals surface area (Å²) in [6, 6.07) is -0.218. The Hall–Kier alpha value is -0.920. The fourth-order valence-corrected chi connectivity index (χ4v) is 2.64. The minimum Gasteiger partial charge on any atom is -0.444 e. The summed E-state index contributed by atoms with van der Waals surface area (Å²) in [5.74, 6) is 1.04. The number of hydrogen-bond donors (Lipinski definition) is 2. The van der Waals surface area contributed by atoms with Crippen LogP contribution < -0.4 is 10.0 Å². The number of aromatic nitrogens is 1. The van der Waals surface area contributed by atoms with Crippen LogP contribution in [0.15, 0.2) is 10.6 Å². The predicted octanol–water partition coefficient (Wildman–Crippen LogP) is 1.35. The van der Waals surface area contributed by atoms with Crippen molar-refractivity contribution < 1.29 is 12.8 Å². The molecule has 0 aliphatic rings. The second-order valence-corrected chi connectivity index (χ2v) is 7.20. The lowest BCUT2D eigenvalue weighted by Crippen LogP contribution is -2.41. The molecule has 1 rings (SSSR count). The Labute approximate surface area is 115 Å². The van der Waals surface area contributed by atoms with E-state index in [1.165, 1.54) is 0 Å². The Morgan fingerprint density at radius 3 is 2.42 bits per heavy atom. The summed E-state index contributed by atoms with van der Waals surface area (Å²) in [5.41, 5.74) is 0. The predicted molar refractivity (Wildman–Crippen MR) is 74.3 cm³/mol. The molecule has 1 aromatic rings. The average Bonchev–Trinajstić information content (AvgIpc) is 2.72. The van der Waals surface area contributed by atoms with E-state index in [0.29, 0.717) is 18.2 Å². The van der Waals surface area contributed by atoms with Crippen molar-refractivity contribution in [1.29, 1.82) is 0 Å². The van der Waals surface area contributed by atoms with E-state index < -0.39 is 21.3 Å². The summed E-state index contributed by atoms with van der Waals surface area (Å²) in [4.78, 5) is 4.02. The largest absolute Gasteiger partial charge is 0.444 e. The number of sulfonamides is 1. The van der Waals surface area contributed by atoms with Crippen LogP contribution in [0.3, 0.4) is 0 Å². The maximum atomic E-state index is 12.1. The Bertz CT molecular complexity index is 496. The molecule has 2 unspecified atom stereocenters. The molecule has 0 saturated carbocycles. The molecule has 0 bridgehead atoms. The van der Waals surface area contributed by atoms with E-state index in [0.717, 1.165) is 0 Å². The molecular formula is C12H23N3O3S. The molecule has 1 aromatic heterocycles. The molecule has 19 heavy (non-hydrogen) atoms. The van der Waals surface area contributed by atoms with Crippen LogP contribution in [-0.2, 0) is 10.0 Å². The van der Waals surface area contributed by atoms with Gasteiger partial charge >= 0.3 is 0 Å². The highest BCUT2D eigenvalue weighted by Crippen LogP contribution is 2.14. The molecule has 1 heterocycles. The van der Waals surface area contributed by atoms with E-state index in [9.17, 15) is 8.42 Å². The summed E-state index contributed by atoms with van der Waals surface area (Å²) >= 11 is 0. The van der Waals surface area contributed by atoms with Crippen molar-refractivity contribution in [3.05, 3.63) is 17.8 Å². The molecule has 0 spiro atoms. The summed E-state index contributed by atoms with van der Waals surface area (Å²) in [6.07, 6.45) is 1.57. The van der Waals surface area contributed by atoms with Crippen LogP contribution in [0.5, 0.6) is 0 Å². The summed E-state index contributed by atoms with van der Waals surface area (Å²) in [5, 5.41) is 2.59. The van der Waals surface area contributed by atoms with Crippen molar-refractivity contribution in [1.82, 2.24) is 15.0 Å². The summed E-state index contributed by atoms with van der Waals surface area (Å²) in [7, 11) is -3.41. The van der Waals surface area contributed by atoms with Crippen LogP contribution in [0.1, 0.15) is 45.4 Å². The van der Waals surface area contributed by atoms with Gasteiger partial charge in [0.15, 0.2) is 0 Å². The van der Waals surface area contributed by atoms with Crippen LogP contribution in [-0.4, -0.2) is 31.2 Å². The molecule has 0 amide bonds. The van der Waals surface area contributed by atoms with Crippen LogP contribution in [0, 0.1) is 6.92 Å². The van der Waals surface area contributed by atoms with Gasteiger partial charge in [-0.05, 0) is 20.8 Å². The zero-order valence-corrected chi connectivity index (χ0v) is 12.9. The van der Waals surface area contributed by atoms with Gasteiger partial charge in [0.05, 0.1) is 17.5 Å². The highest BCUT2D eigenvalue weighted by atomic mass is 32.2. The van der Waals surface area contributed by atoms with Gasteiger partial charge in [-0.3, -0.25) is 0 Å². The highest BCUT2D eigenvalue weighted by molar-refractivity contribution is 7.90. The van der Waals surface area contributed by atoms with Crippen molar-refractivity contribution in [2.75, 3.05) is 6.54 Å². The first-order valence-electron chi connectivity index (χ1n) is 6.39. The van der Waals surface area contributed by atoms with Crippen LogP contribution in [0.2, 0.25) is 0 Å². The topological polar surface area (TPSA) is 84.2 Å². The maximum absolute atomic E-state index is 12.1. The maximum Gasteiger partial charge on any atom is 0.216 e. The Morgan fingerprint density at radius 2 is 1.95 bits per heavy atom. The van der Waals surface area contributed by atoms with Crippen molar-refractivity contribution in [3.8, 4) is 0 Å². The lowest BCUT2D eigenvalue weighted by molar-refractivity contribution is 0.426. The third kappa shape index (κ3) is 4.93. The molecule has 7 heteroatoms. The quantitative estimate of drug-likeness (QED) is 0.791. The standard InChI is InChI=1S/C12H23N3O3S/c1-8(2)13-7-10(4)19(16,17)15-11(5)12-14-6-9(3)18-12/h6,8,10-11,13,15H,7H2,1-5H3. The molecule has 2 N–H and O–H groups in total. The molecule has 0 aromatic carbocycles. The van der Waals surface area contributed by atoms with Crippen molar-refractivity contribution in [2.24, 2.45) is 0 Å². The van der Waals surface area contributed by atoms with Crippen molar-refractivity contribution >= 4 is 10.0 Å². The highest BCUT2D eigenvalue weighted by Gasteiger charge is 2.25. The van der Waals surface area contributed by atoms with E-state index in [1.54, 1.807) is 27.0 Å². The number of aryl methyl sites for hydroxylation is 1. The van der Waals surface area contributed by atoms with E-state index in [4.69, 9.17) is 4.42 Å².